The molecular weight excluding hydrogens is 321 g/mol. The summed E-state index contributed by atoms with van der Waals surface area (Å²) in [5, 5.41) is 12.0. The van der Waals surface area contributed by atoms with Gasteiger partial charge in [-0.05, 0) is 48.5 Å². The highest BCUT2D eigenvalue weighted by Crippen LogP contribution is 2.15. The predicted molar refractivity (Wildman–Crippen MR) is 92.7 cm³/mol. The molecule has 3 aromatic rings. The van der Waals surface area contributed by atoms with Crippen molar-refractivity contribution in [3.05, 3.63) is 101 Å². The minimum Gasteiger partial charge on any atom is -0.618 e. The molecular formula is C20H14FNO3. The summed E-state index contributed by atoms with van der Waals surface area (Å²) in [6, 6.07) is 20.4. The molecule has 5 heteroatoms. The fourth-order valence-corrected chi connectivity index (χ4v) is 2.16. The fraction of sp³-hybridized carbons (Fsp3) is 0. The number of rotatable bonds is 4. The summed E-state index contributed by atoms with van der Waals surface area (Å²) in [6.45, 7) is 0. The Labute approximate surface area is 144 Å². The molecule has 3 rings (SSSR count). The van der Waals surface area contributed by atoms with Gasteiger partial charge < -0.3 is 9.94 Å². The van der Waals surface area contributed by atoms with E-state index in [4.69, 9.17) is 4.74 Å². The molecule has 0 aliphatic heterocycles. The molecule has 4 nitrogen and oxygen atoms in total. The Kier molecular flexibility index (Phi) is 4.85. The highest BCUT2D eigenvalue weighted by molar-refractivity contribution is 5.91. The van der Waals surface area contributed by atoms with Crippen LogP contribution in [0.4, 0.5) is 10.1 Å². The molecule has 0 unspecified atom stereocenters. The van der Waals surface area contributed by atoms with E-state index in [0.29, 0.717) is 27.3 Å². The van der Waals surface area contributed by atoms with Gasteiger partial charge in [-0.25, -0.2) is 9.18 Å². The number of carbonyl (C=O) groups excluding carboxylic acids is 1. The Bertz CT molecular complexity index is 888. The lowest BCUT2D eigenvalue weighted by Crippen LogP contribution is -2.08. The lowest BCUT2D eigenvalue weighted by Gasteiger charge is -2.05. The Hall–Kier alpha value is -3.47. The zero-order valence-corrected chi connectivity index (χ0v) is 13.1. The first kappa shape index (κ1) is 16.4. The standard InChI is InChI=1S/C20H14FNO3/c21-17-8-10-18(11-9-17)22(24)14-15-6-12-19(13-7-15)25-20(23)16-4-2-1-3-5-16/h1-14H/b22-14+. The van der Waals surface area contributed by atoms with Crippen LogP contribution in [0, 0.1) is 11.0 Å². The van der Waals surface area contributed by atoms with Crippen LogP contribution in [0.5, 0.6) is 5.75 Å². The van der Waals surface area contributed by atoms with Crippen LogP contribution < -0.4 is 4.74 Å². The van der Waals surface area contributed by atoms with E-state index in [1.54, 1.807) is 48.5 Å². The van der Waals surface area contributed by atoms with Crippen LogP contribution in [0.3, 0.4) is 0 Å². The summed E-state index contributed by atoms with van der Waals surface area (Å²) in [5.74, 6) is -0.471. The monoisotopic (exact) mass is 335 g/mol. The van der Waals surface area contributed by atoms with Crippen molar-refractivity contribution in [2.24, 2.45) is 0 Å². The van der Waals surface area contributed by atoms with E-state index in [1.165, 1.54) is 30.5 Å². The summed E-state index contributed by atoms with van der Waals surface area (Å²) in [4.78, 5) is 12.0. The van der Waals surface area contributed by atoms with Gasteiger partial charge in [-0.15, -0.1) is 0 Å². The highest BCUT2D eigenvalue weighted by atomic mass is 19.1. The van der Waals surface area contributed by atoms with Crippen molar-refractivity contribution in [2.75, 3.05) is 0 Å². The number of esters is 1. The van der Waals surface area contributed by atoms with E-state index in [0.717, 1.165) is 0 Å². The third-order valence-corrected chi connectivity index (χ3v) is 3.45. The normalized spacial score (nSPS) is 11.2. The maximum absolute atomic E-state index is 12.9. The third-order valence-electron chi connectivity index (χ3n) is 3.45. The van der Waals surface area contributed by atoms with Crippen molar-refractivity contribution in [1.82, 2.24) is 0 Å². The van der Waals surface area contributed by atoms with Crippen molar-refractivity contribution in [3.8, 4) is 5.75 Å². The van der Waals surface area contributed by atoms with E-state index in [-0.39, 0.29) is 0 Å². The summed E-state index contributed by atoms with van der Waals surface area (Å²) in [5.41, 5.74) is 1.40. The first-order chi connectivity index (χ1) is 12.1. The molecule has 25 heavy (non-hydrogen) atoms. The summed E-state index contributed by atoms with van der Waals surface area (Å²) in [7, 11) is 0. The largest absolute Gasteiger partial charge is 0.618 e. The minimum atomic E-state index is -0.450. The Morgan fingerprint density at radius 2 is 1.56 bits per heavy atom. The zero-order valence-electron chi connectivity index (χ0n) is 13.1. The van der Waals surface area contributed by atoms with Gasteiger partial charge in [0.25, 0.3) is 0 Å². The second-order valence-electron chi connectivity index (χ2n) is 5.26. The lowest BCUT2D eigenvalue weighted by atomic mass is 10.2. The molecule has 0 aromatic heterocycles. The molecule has 0 spiro atoms. The lowest BCUT2D eigenvalue weighted by molar-refractivity contribution is -0.354. The molecule has 0 bridgehead atoms. The van der Waals surface area contributed by atoms with Crippen molar-refractivity contribution in [2.45, 2.75) is 0 Å². The second kappa shape index (κ2) is 7.40. The Morgan fingerprint density at radius 3 is 2.20 bits per heavy atom. The number of benzene rings is 3. The van der Waals surface area contributed by atoms with Crippen LogP contribution in [0.25, 0.3) is 0 Å². The highest BCUT2D eigenvalue weighted by Gasteiger charge is 2.08. The number of carbonyl (C=O) groups is 1. The summed E-state index contributed by atoms with van der Waals surface area (Å²) < 4.78 is 18.8. The molecule has 0 amide bonds. The van der Waals surface area contributed by atoms with Crippen LogP contribution in [0.2, 0.25) is 0 Å². The topological polar surface area (TPSA) is 52.4 Å². The van der Waals surface area contributed by atoms with Crippen LogP contribution >= 0.6 is 0 Å². The van der Waals surface area contributed by atoms with Gasteiger partial charge in [0.15, 0.2) is 6.21 Å². The van der Waals surface area contributed by atoms with Crippen molar-refractivity contribution in [1.29, 1.82) is 0 Å². The number of hydrogen-bond donors (Lipinski definition) is 0. The van der Waals surface area contributed by atoms with Gasteiger partial charge >= 0.3 is 5.97 Å². The second-order valence-corrected chi connectivity index (χ2v) is 5.26. The molecule has 0 aliphatic carbocycles. The first-order valence-corrected chi connectivity index (χ1v) is 7.56. The molecule has 0 fully saturated rings. The molecule has 124 valence electrons. The van der Waals surface area contributed by atoms with Crippen LogP contribution in [0.1, 0.15) is 15.9 Å². The molecule has 0 aliphatic rings. The van der Waals surface area contributed by atoms with E-state index in [1.807, 2.05) is 6.07 Å². The molecule has 0 heterocycles. The third kappa shape index (κ3) is 4.29. The predicted octanol–water partition coefficient (Wildman–Crippen LogP) is 4.31. The van der Waals surface area contributed by atoms with E-state index >= 15 is 0 Å². The van der Waals surface area contributed by atoms with Gasteiger partial charge in [0.1, 0.15) is 11.6 Å². The Morgan fingerprint density at radius 1 is 0.920 bits per heavy atom. The quantitative estimate of drug-likeness (QED) is 0.178. The van der Waals surface area contributed by atoms with E-state index in [2.05, 4.69) is 0 Å². The minimum absolute atomic E-state index is 0.320. The van der Waals surface area contributed by atoms with E-state index in [9.17, 15) is 14.4 Å². The fourth-order valence-electron chi connectivity index (χ4n) is 2.16. The van der Waals surface area contributed by atoms with Gasteiger partial charge in [0.2, 0.25) is 5.69 Å². The SMILES string of the molecule is O=C(Oc1ccc(/C=[N+](/[O-])c2ccc(F)cc2)cc1)c1ccccc1. The summed E-state index contributed by atoms with van der Waals surface area (Å²) in [6.07, 6.45) is 1.36. The maximum atomic E-state index is 12.9. The molecule has 0 atom stereocenters. The number of ether oxygens (including phenoxy) is 1. The van der Waals surface area contributed by atoms with Crippen molar-refractivity contribution in [3.63, 3.8) is 0 Å². The van der Waals surface area contributed by atoms with Gasteiger partial charge in [0.05, 0.1) is 5.56 Å². The van der Waals surface area contributed by atoms with Crippen LogP contribution in [0.15, 0.2) is 78.9 Å². The van der Waals surface area contributed by atoms with Crippen LogP contribution in [-0.2, 0) is 0 Å². The van der Waals surface area contributed by atoms with Crippen molar-refractivity contribution >= 4 is 17.9 Å². The van der Waals surface area contributed by atoms with Gasteiger partial charge in [0, 0.05) is 17.7 Å². The van der Waals surface area contributed by atoms with Gasteiger partial charge in [-0.2, -0.15) is 4.74 Å². The first-order valence-electron chi connectivity index (χ1n) is 7.56. The number of hydrogen-bond acceptors (Lipinski definition) is 3. The van der Waals surface area contributed by atoms with Crippen molar-refractivity contribution < 1.29 is 18.7 Å². The van der Waals surface area contributed by atoms with E-state index < -0.39 is 11.8 Å². The molecule has 0 radical (unpaired) electrons. The molecule has 0 saturated carbocycles. The average molecular weight is 335 g/mol. The maximum Gasteiger partial charge on any atom is 0.343 e. The van der Waals surface area contributed by atoms with Gasteiger partial charge in [-0.3, -0.25) is 0 Å². The smallest absolute Gasteiger partial charge is 0.343 e. The number of halogens is 1. The Balaban J connectivity index is 1.70. The summed E-state index contributed by atoms with van der Waals surface area (Å²) >= 11 is 0. The number of nitrogens with zero attached hydrogens (tertiary/aromatic N) is 1. The molecule has 0 saturated heterocycles. The average Bonchev–Trinajstić information content (AvgIpc) is 2.64. The van der Waals surface area contributed by atoms with Crippen LogP contribution in [-0.4, -0.2) is 16.9 Å². The van der Waals surface area contributed by atoms with Gasteiger partial charge in [-0.1, -0.05) is 18.2 Å². The zero-order chi connectivity index (χ0) is 17.6. The molecule has 0 N–H and O–H groups in total. The molecule has 3 aromatic carbocycles.